The van der Waals surface area contributed by atoms with Gasteiger partial charge in [-0.1, -0.05) is 51.1 Å². The fraction of sp³-hybridized carbons (Fsp3) is 0.455. The Kier molecular flexibility index (Phi) is 4.26. The minimum absolute atomic E-state index is 0.0760. The number of ketones is 1. The van der Waals surface area contributed by atoms with E-state index in [1.165, 1.54) is 10.4 Å². The molecular formula is C22H26N2OS. The maximum atomic E-state index is 13.5. The van der Waals surface area contributed by atoms with E-state index in [-0.39, 0.29) is 10.8 Å². The number of benzene rings is 1. The van der Waals surface area contributed by atoms with Crippen molar-refractivity contribution in [2.45, 2.75) is 58.3 Å². The number of hydrogen-bond donors (Lipinski definition) is 1. The van der Waals surface area contributed by atoms with Crippen LogP contribution in [0.5, 0.6) is 0 Å². The molecule has 2 heterocycles. The van der Waals surface area contributed by atoms with Gasteiger partial charge in [-0.2, -0.15) is 0 Å². The molecule has 26 heavy (non-hydrogen) atoms. The summed E-state index contributed by atoms with van der Waals surface area (Å²) in [6.45, 7) is 6.62. The maximum absolute atomic E-state index is 13.5. The highest BCUT2D eigenvalue weighted by atomic mass is 32.1. The molecule has 0 amide bonds. The highest BCUT2D eigenvalue weighted by Gasteiger charge is 2.51. The molecule has 0 saturated carbocycles. The maximum Gasteiger partial charge on any atom is 0.162 e. The summed E-state index contributed by atoms with van der Waals surface area (Å²) >= 11 is 1.66. The molecule has 0 spiro atoms. The molecular weight excluding hydrogens is 340 g/mol. The average molecular weight is 367 g/mol. The van der Waals surface area contributed by atoms with E-state index < -0.39 is 0 Å². The predicted molar refractivity (Wildman–Crippen MR) is 108 cm³/mol. The third-order valence-corrected chi connectivity index (χ3v) is 7.60. The van der Waals surface area contributed by atoms with E-state index in [9.17, 15) is 4.79 Å². The zero-order valence-corrected chi connectivity index (χ0v) is 16.6. The number of anilines is 1. The molecule has 2 aliphatic rings. The van der Waals surface area contributed by atoms with E-state index in [1.807, 2.05) is 11.6 Å². The van der Waals surface area contributed by atoms with Crippen molar-refractivity contribution in [1.29, 1.82) is 0 Å². The summed E-state index contributed by atoms with van der Waals surface area (Å²) in [5.74, 6) is 1.25. The summed E-state index contributed by atoms with van der Waals surface area (Å²) in [6.07, 6.45) is 4.52. The van der Waals surface area contributed by atoms with Gasteiger partial charge in [0, 0.05) is 17.7 Å². The number of Topliss-reactive ketones (excluding diaryl/α,β-unsaturated/α-hetero) is 1. The third kappa shape index (κ3) is 2.31. The first-order valence-electron chi connectivity index (χ1n) is 9.63. The lowest BCUT2D eigenvalue weighted by Crippen LogP contribution is -2.44. The molecule has 1 aromatic carbocycles. The fourth-order valence-electron chi connectivity index (χ4n) is 4.91. The van der Waals surface area contributed by atoms with Gasteiger partial charge in [0.15, 0.2) is 5.78 Å². The Bertz CT molecular complexity index is 863. The first-order valence-corrected chi connectivity index (χ1v) is 10.5. The minimum atomic E-state index is -0.372. The van der Waals surface area contributed by atoms with Gasteiger partial charge in [-0.05, 0) is 36.7 Å². The Labute approximate surface area is 159 Å². The van der Waals surface area contributed by atoms with Gasteiger partial charge in [-0.3, -0.25) is 4.79 Å². The quantitative estimate of drug-likeness (QED) is 0.756. The fourth-order valence-corrected chi connectivity index (χ4v) is 5.95. The van der Waals surface area contributed by atoms with Gasteiger partial charge in [0.2, 0.25) is 0 Å². The van der Waals surface area contributed by atoms with Gasteiger partial charge in [0.1, 0.15) is 5.82 Å². The summed E-state index contributed by atoms with van der Waals surface area (Å²) < 4.78 is 0. The lowest BCUT2D eigenvalue weighted by Gasteiger charge is -2.46. The highest BCUT2D eigenvalue weighted by Crippen LogP contribution is 2.56. The number of allylic oxidation sites excluding steroid dienone is 2. The first-order chi connectivity index (χ1) is 12.6. The van der Waals surface area contributed by atoms with E-state index in [2.05, 4.69) is 55.3 Å². The molecule has 1 unspecified atom stereocenters. The third-order valence-electron chi connectivity index (χ3n) is 6.62. The van der Waals surface area contributed by atoms with Crippen LogP contribution in [0.15, 0.2) is 47.1 Å². The van der Waals surface area contributed by atoms with Crippen LogP contribution in [0.1, 0.15) is 63.3 Å². The smallest absolute Gasteiger partial charge is 0.162 e. The summed E-state index contributed by atoms with van der Waals surface area (Å²) in [5.41, 5.74) is 4.90. The lowest BCUT2D eigenvalue weighted by atomic mass is 9.60. The molecule has 136 valence electrons. The van der Waals surface area contributed by atoms with Gasteiger partial charge in [0.05, 0.1) is 15.8 Å². The Hall–Kier alpha value is -1.94. The van der Waals surface area contributed by atoms with E-state index >= 15 is 0 Å². The summed E-state index contributed by atoms with van der Waals surface area (Å²) in [7, 11) is 0. The van der Waals surface area contributed by atoms with Crippen LogP contribution in [0, 0.1) is 5.41 Å². The van der Waals surface area contributed by atoms with Crippen LogP contribution in [0.2, 0.25) is 0 Å². The van der Waals surface area contributed by atoms with Crippen LogP contribution in [0.25, 0.3) is 0 Å². The number of aromatic nitrogens is 1. The highest BCUT2D eigenvalue weighted by molar-refractivity contribution is 7.10. The van der Waals surface area contributed by atoms with Crippen LogP contribution in [0.4, 0.5) is 5.82 Å². The zero-order chi connectivity index (χ0) is 18.4. The molecule has 1 aromatic heterocycles. The van der Waals surface area contributed by atoms with Gasteiger partial charge in [0.25, 0.3) is 0 Å². The molecule has 3 nitrogen and oxygen atoms in total. The largest absolute Gasteiger partial charge is 0.342 e. The summed E-state index contributed by atoms with van der Waals surface area (Å²) in [6, 6.07) is 10.5. The Morgan fingerprint density at radius 3 is 2.46 bits per heavy atom. The minimum Gasteiger partial charge on any atom is -0.342 e. The van der Waals surface area contributed by atoms with E-state index in [0.717, 1.165) is 42.8 Å². The van der Waals surface area contributed by atoms with Crippen LogP contribution in [-0.4, -0.2) is 10.8 Å². The van der Waals surface area contributed by atoms with Crippen molar-refractivity contribution in [3.63, 3.8) is 0 Å². The van der Waals surface area contributed by atoms with E-state index in [0.29, 0.717) is 12.2 Å². The Balaban J connectivity index is 1.98. The van der Waals surface area contributed by atoms with E-state index in [4.69, 9.17) is 0 Å². The second-order valence-electron chi connectivity index (χ2n) is 7.62. The molecule has 4 heteroatoms. The van der Waals surface area contributed by atoms with Crippen LogP contribution in [-0.2, 0) is 10.2 Å². The molecule has 2 aromatic rings. The number of nitrogens with zero attached hydrogens (tertiary/aromatic N) is 1. The van der Waals surface area contributed by atoms with Gasteiger partial charge >= 0.3 is 0 Å². The van der Waals surface area contributed by atoms with Crippen molar-refractivity contribution < 1.29 is 4.79 Å². The number of hydrogen-bond acceptors (Lipinski definition) is 4. The van der Waals surface area contributed by atoms with Crippen LogP contribution < -0.4 is 5.32 Å². The normalized spacial score (nSPS) is 24.0. The molecule has 0 bridgehead atoms. The molecule has 0 radical (unpaired) electrons. The standard InChI is InChI=1S/C22H26N2OS/c1-4-21(5-2)12-16-18(17(25)13-21)22(6-3,15-10-8-7-9-11-15)19-20(24-16)23-14-26-19/h7-11,14,24H,4-6,12-13H2,1-3H3. The van der Waals surface area contributed by atoms with Crippen molar-refractivity contribution in [2.75, 3.05) is 5.32 Å². The molecule has 1 aliphatic heterocycles. The lowest BCUT2D eigenvalue weighted by molar-refractivity contribution is -0.119. The van der Waals surface area contributed by atoms with E-state index in [1.54, 1.807) is 11.3 Å². The first kappa shape index (κ1) is 17.5. The molecule has 1 atom stereocenters. The molecule has 1 aliphatic carbocycles. The number of thiazole rings is 1. The number of rotatable bonds is 4. The Morgan fingerprint density at radius 2 is 1.81 bits per heavy atom. The number of carbonyl (C=O) groups excluding carboxylic acids is 1. The second kappa shape index (κ2) is 6.34. The van der Waals surface area contributed by atoms with Crippen molar-refractivity contribution in [2.24, 2.45) is 5.41 Å². The molecule has 0 fully saturated rings. The summed E-state index contributed by atoms with van der Waals surface area (Å²) in [4.78, 5) is 19.3. The predicted octanol–water partition coefficient (Wildman–Crippen LogP) is 5.69. The number of fused-ring (bicyclic) bond motifs is 1. The summed E-state index contributed by atoms with van der Waals surface area (Å²) in [5, 5.41) is 3.55. The van der Waals surface area contributed by atoms with Crippen molar-refractivity contribution in [3.05, 3.63) is 57.6 Å². The Morgan fingerprint density at radius 1 is 1.08 bits per heavy atom. The van der Waals surface area contributed by atoms with Gasteiger partial charge in [-0.25, -0.2) is 4.98 Å². The van der Waals surface area contributed by atoms with Gasteiger partial charge in [-0.15, -0.1) is 11.3 Å². The van der Waals surface area contributed by atoms with Crippen molar-refractivity contribution in [3.8, 4) is 0 Å². The monoisotopic (exact) mass is 366 g/mol. The van der Waals surface area contributed by atoms with Crippen molar-refractivity contribution in [1.82, 2.24) is 4.98 Å². The molecule has 0 saturated heterocycles. The number of carbonyl (C=O) groups is 1. The molecule has 1 N–H and O–H groups in total. The molecule has 4 rings (SSSR count). The zero-order valence-electron chi connectivity index (χ0n) is 15.8. The van der Waals surface area contributed by atoms with Crippen LogP contribution in [0.3, 0.4) is 0 Å². The SMILES string of the molecule is CCC1(CC)CC(=O)C2=C(C1)Nc1ncsc1C2(CC)c1ccccc1. The van der Waals surface area contributed by atoms with Crippen molar-refractivity contribution >= 4 is 22.9 Å². The van der Waals surface area contributed by atoms with Gasteiger partial charge < -0.3 is 5.32 Å². The average Bonchev–Trinajstić information content (AvgIpc) is 3.15. The second-order valence-corrected chi connectivity index (χ2v) is 8.47. The number of nitrogens with one attached hydrogen (secondary N) is 1. The topological polar surface area (TPSA) is 42.0 Å². The van der Waals surface area contributed by atoms with Crippen LogP contribution >= 0.6 is 11.3 Å².